The number of benzene rings is 1. The summed E-state index contributed by atoms with van der Waals surface area (Å²) in [7, 11) is 3.62. The predicted molar refractivity (Wildman–Crippen MR) is 136 cm³/mol. The number of fused-ring (bicyclic) bond motifs is 2. The van der Waals surface area contributed by atoms with Gasteiger partial charge in [-0.2, -0.15) is 5.26 Å². The number of amides is 1. The molecule has 2 aliphatic rings. The summed E-state index contributed by atoms with van der Waals surface area (Å²) in [6.45, 7) is 1.89. The van der Waals surface area contributed by atoms with Crippen LogP contribution in [0.4, 0.5) is 0 Å². The van der Waals surface area contributed by atoms with E-state index in [-0.39, 0.29) is 17.9 Å². The fourth-order valence-corrected chi connectivity index (χ4v) is 6.13. The number of likely N-dealkylation sites (tertiary alicyclic amines) is 1. The Labute approximate surface area is 207 Å². The van der Waals surface area contributed by atoms with Crippen LogP contribution < -0.4 is 10.5 Å². The number of piperidine rings is 1. The topological polar surface area (TPSA) is 102 Å². The van der Waals surface area contributed by atoms with Crippen molar-refractivity contribution >= 4 is 38.5 Å². The molecule has 9 heteroatoms. The van der Waals surface area contributed by atoms with Crippen molar-refractivity contribution in [3.63, 3.8) is 0 Å². The fourth-order valence-electron chi connectivity index (χ4n) is 5.23. The van der Waals surface area contributed by atoms with Gasteiger partial charge in [0.2, 0.25) is 0 Å². The molecule has 1 saturated heterocycles. The Hall–Kier alpha value is -3.35. The number of nitriles is 1. The molecule has 2 atom stereocenters. The number of ether oxygens (including phenoxy) is 1. The molecule has 4 aromatic rings. The van der Waals surface area contributed by atoms with Gasteiger partial charge in [0, 0.05) is 43.7 Å². The first-order valence-corrected chi connectivity index (χ1v) is 12.9. The van der Waals surface area contributed by atoms with Crippen molar-refractivity contribution in [2.75, 3.05) is 20.2 Å². The number of methoxy groups -OCH3 is 1. The molecule has 8 nitrogen and oxygen atoms in total. The van der Waals surface area contributed by atoms with Crippen LogP contribution in [0, 0.1) is 23.2 Å². The minimum atomic E-state index is -0.335. The monoisotopic (exact) mass is 488 g/mol. The molecule has 2 fully saturated rings. The zero-order valence-electron chi connectivity index (χ0n) is 19.9. The molecule has 0 bridgehead atoms. The summed E-state index contributed by atoms with van der Waals surface area (Å²) in [6.07, 6.45) is 3.15. The molecule has 2 N–H and O–H groups in total. The van der Waals surface area contributed by atoms with Gasteiger partial charge in [0.1, 0.15) is 16.1 Å². The van der Waals surface area contributed by atoms with Gasteiger partial charge in [-0.25, -0.2) is 4.98 Å². The average molecular weight is 489 g/mol. The maximum atomic E-state index is 13.4. The predicted octanol–water partition coefficient (Wildman–Crippen LogP) is 3.99. The van der Waals surface area contributed by atoms with Crippen molar-refractivity contribution in [3.8, 4) is 23.3 Å². The first-order chi connectivity index (χ1) is 17.0. The zero-order chi connectivity index (χ0) is 24.3. The lowest BCUT2D eigenvalue weighted by atomic mass is 9.93. The summed E-state index contributed by atoms with van der Waals surface area (Å²) in [5.41, 5.74) is 9.35. The maximum absolute atomic E-state index is 13.4. The molecule has 0 radical (unpaired) electrons. The van der Waals surface area contributed by atoms with Gasteiger partial charge < -0.3 is 24.5 Å². The highest BCUT2D eigenvalue weighted by atomic mass is 32.1. The minimum absolute atomic E-state index is 0.109. The molecule has 1 aromatic carbocycles. The van der Waals surface area contributed by atoms with E-state index in [1.165, 1.54) is 23.1 Å². The van der Waals surface area contributed by atoms with E-state index in [0.29, 0.717) is 30.8 Å². The summed E-state index contributed by atoms with van der Waals surface area (Å²) in [5.74, 6) is 1.89. The number of nitrogens with two attached hydrogens (primary N) is 1. The quantitative estimate of drug-likeness (QED) is 0.458. The van der Waals surface area contributed by atoms with Crippen LogP contribution >= 0.6 is 11.3 Å². The van der Waals surface area contributed by atoms with Gasteiger partial charge in [0.15, 0.2) is 5.82 Å². The molecule has 3 aromatic heterocycles. The Morgan fingerprint density at radius 1 is 1.31 bits per heavy atom. The van der Waals surface area contributed by atoms with Gasteiger partial charge in [-0.1, -0.05) is 0 Å². The standard InChI is InChI=1S/C26H28N6O2S/c1-30-23-20(29-24(30)21-10-16-6-8-35-26(16)32(21)13-15-3-4-15)9-18(11-22(23)34-2)25(33)31-7-5-17(12-27)19(28)14-31/h6,8-11,15,17,19H,3-5,7,13-14,28H2,1-2H3/t17?,19-/m0/s1. The molecular weight excluding hydrogens is 460 g/mol. The molecule has 1 aliphatic heterocycles. The van der Waals surface area contributed by atoms with E-state index in [1.807, 2.05) is 13.1 Å². The Balaban J connectivity index is 1.42. The largest absolute Gasteiger partial charge is 0.494 e. The Kier molecular flexibility index (Phi) is 5.31. The third-order valence-corrected chi connectivity index (χ3v) is 8.33. The summed E-state index contributed by atoms with van der Waals surface area (Å²) in [6, 6.07) is 9.93. The van der Waals surface area contributed by atoms with Crippen molar-refractivity contribution in [2.24, 2.45) is 24.6 Å². The first kappa shape index (κ1) is 22.1. The van der Waals surface area contributed by atoms with E-state index in [4.69, 9.17) is 15.5 Å². The Morgan fingerprint density at radius 3 is 2.86 bits per heavy atom. The number of hydrogen-bond donors (Lipinski definition) is 1. The minimum Gasteiger partial charge on any atom is -0.494 e. The third-order valence-electron chi connectivity index (χ3n) is 7.38. The molecule has 1 unspecified atom stereocenters. The molecular formula is C26H28N6O2S. The average Bonchev–Trinajstić information content (AvgIpc) is 3.31. The van der Waals surface area contributed by atoms with E-state index in [2.05, 4.69) is 32.7 Å². The number of hydrogen-bond acceptors (Lipinski definition) is 6. The van der Waals surface area contributed by atoms with Crippen LogP contribution in [-0.2, 0) is 13.6 Å². The number of imidazole rings is 1. The molecule has 6 rings (SSSR count). The number of carbonyl (C=O) groups is 1. The van der Waals surface area contributed by atoms with Crippen LogP contribution in [0.3, 0.4) is 0 Å². The highest BCUT2D eigenvalue weighted by molar-refractivity contribution is 7.16. The second-order valence-corrected chi connectivity index (χ2v) is 10.6. The van der Waals surface area contributed by atoms with Crippen molar-refractivity contribution in [3.05, 3.63) is 35.2 Å². The molecule has 4 heterocycles. The summed E-state index contributed by atoms with van der Waals surface area (Å²) < 4.78 is 10.2. The smallest absolute Gasteiger partial charge is 0.254 e. The fraction of sp³-hybridized carbons (Fsp3) is 0.423. The van der Waals surface area contributed by atoms with Crippen molar-refractivity contribution < 1.29 is 9.53 Å². The van der Waals surface area contributed by atoms with Crippen LogP contribution in [0.15, 0.2) is 29.6 Å². The van der Waals surface area contributed by atoms with Crippen LogP contribution in [0.5, 0.6) is 5.75 Å². The lowest BCUT2D eigenvalue weighted by molar-refractivity contribution is 0.0686. The van der Waals surface area contributed by atoms with E-state index in [1.54, 1.807) is 29.4 Å². The van der Waals surface area contributed by atoms with Crippen LogP contribution in [0.1, 0.15) is 29.6 Å². The third kappa shape index (κ3) is 3.68. The second kappa shape index (κ2) is 8.40. The molecule has 35 heavy (non-hydrogen) atoms. The SMILES string of the molecule is COc1cc(C(=O)N2CCC(C#N)[C@@H](N)C2)cc2nc(-c3cc4ccsc4n3CC3CC3)n(C)c12. The summed E-state index contributed by atoms with van der Waals surface area (Å²) in [5, 5.41) is 12.6. The van der Waals surface area contributed by atoms with Crippen LogP contribution in [0.25, 0.3) is 32.8 Å². The van der Waals surface area contributed by atoms with E-state index in [0.717, 1.165) is 35.0 Å². The number of thiophene rings is 1. The van der Waals surface area contributed by atoms with Crippen LogP contribution in [-0.4, -0.2) is 51.2 Å². The van der Waals surface area contributed by atoms with Gasteiger partial charge in [0.05, 0.1) is 30.3 Å². The Bertz CT molecular complexity index is 1490. The molecule has 1 saturated carbocycles. The molecule has 0 spiro atoms. The van der Waals surface area contributed by atoms with Gasteiger partial charge in [-0.3, -0.25) is 4.79 Å². The van der Waals surface area contributed by atoms with Gasteiger partial charge in [0.25, 0.3) is 5.91 Å². The van der Waals surface area contributed by atoms with Gasteiger partial charge >= 0.3 is 0 Å². The molecule has 1 amide bonds. The number of aromatic nitrogens is 3. The molecule has 180 valence electrons. The maximum Gasteiger partial charge on any atom is 0.254 e. The van der Waals surface area contributed by atoms with Crippen molar-refractivity contribution in [1.29, 1.82) is 5.26 Å². The van der Waals surface area contributed by atoms with Crippen molar-refractivity contribution in [1.82, 2.24) is 19.0 Å². The first-order valence-electron chi connectivity index (χ1n) is 12.0. The van der Waals surface area contributed by atoms with E-state index < -0.39 is 0 Å². The van der Waals surface area contributed by atoms with Crippen LogP contribution in [0.2, 0.25) is 0 Å². The van der Waals surface area contributed by atoms with Gasteiger partial charge in [-0.05, 0) is 54.8 Å². The van der Waals surface area contributed by atoms with Gasteiger partial charge in [-0.15, -0.1) is 11.3 Å². The number of nitrogens with zero attached hydrogens (tertiary/aromatic N) is 5. The number of rotatable bonds is 5. The van der Waals surface area contributed by atoms with Crippen molar-refractivity contribution in [2.45, 2.75) is 31.8 Å². The van der Waals surface area contributed by atoms with E-state index >= 15 is 0 Å². The number of aryl methyl sites for hydroxylation is 1. The lowest BCUT2D eigenvalue weighted by Crippen LogP contribution is -2.50. The summed E-state index contributed by atoms with van der Waals surface area (Å²) >= 11 is 1.76. The summed E-state index contributed by atoms with van der Waals surface area (Å²) in [4.78, 5) is 21.4. The normalized spacial score (nSPS) is 20.5. The number of carbonyl (C=O) groups excluding carboxylic acids is 1. The van der Waals surface area contributed by atoms with E-state index in [9.17, 15) is 10.1 Å². The molecule has 1 aliphatic carbocycles. The Morgan fingerprint density at radius 2 is 2.14 bits per heavy atom. The zero-order valence-corrected chi connectivity index (χ0v) is 20.7. The lowest BCUT2D eigenvalue weighted by Gasteiger charge is -2.33. The second-order valence-electron chi connectivity index (χ2n) is 9.74. The highest BCUT2D eigenvalue weighted by Gasteiger charge is 2.31. The highest BCUT2D eigenvalue weighted by Crippen LogP contribution is 2.39.